The van der Waals surface area contributed by atoms with E-state index in [4.69, 9.17) is 20.9 Å². The third kappa shape index (κ3) is 3.62. The van der Waals surface area contributed by atoms with Gasteiger partial charge in [0.05, 0.1) is 39.0 Å². The molecule has 114 valence electrons. The molecule has 0 amide bonds. The molecule has 0 aromatic carbocycles. The first-order valence-electron chi connectivity index (χ1n) is 6.03. The molecule has 0 fully saturated rings. The van der Waals surface area contributed by atoms with Gasteiger partial charge < -0.3 is 20.9 Å². The fourth-order valence-electron chi connectivity index (χ4n) is 1.35. The largest absolute Gasteiger partial charge is 0.480 e. The molecule has 2 aromatic heterocycles. The Morgan fingerprint density at radius 1 is 0.818 bits per heavy atom. The van der Waals surface area contributed by atoms with Crippen LogP contribution in [0.4, 0.5) is 0 Å². The predicted molar refractivity (Wildman–Crippen MR) is 78.6 cm³/mol. The summed E-state index contributed by atoms with van der Waals surface area (Å²) in [4.78, 5) is 16.0. The molecule has 0 unspecified atom stereocenters. The normalized spacial score (nSPS) is 12.1. The molecule has 10 heteroatoms. The van der Waals surface area contributed by atoms with E-state index in [2.05, 4.69) is 30.1 Å². The van der Waals surface area contributed by atoms with Crippen molar-refractivity contribution in [3.8, 4) is 11.8 Å². The van der Waals surface area contributed by atoms with Gasteiger partial charge in [-0.15, -0.1) is 10.2 Å². The molecule has 10 nitrogen and oxygen atoms in total. The second kappa shape index (κ2) is 6.92. The third-order valence-corrected chi connectivity index (χ3v) is 2.43. The second-order valence-corrected chi connectivity index (χ2v) is 3.86. The summed E-state index contributed by atoms with van der Waals surface area (Å²) in [6.07, 6.45) is 5.75. The van der Waals surface area contributed by atoms with E-state index in [1.807, 2.05) is 0 Å². The summed E-state index contributed by atoms with van der Waals surface area (Å²) in [5.74, 6) is 0.688. The van der Waals surface area contributed by atoms with Crippen LogP contribution in [-0.2, 0) is 0 Å². The van der Waals surface area contributed by atoms with Crippen LogP contribution in [0.3, 0.4) is 0 Å². The number of nitrogens with two attached hydrogens (primary N) is 2. The van der Waals surface area contributed by atoms with Gasteiger partial charge in [-0.05, 0) is 0 Å². The number of amidine groups is 2. The molecule has 0 saturated heterocycles. The molecule has 0 saturated carbocycles. The van der Waals surface area contributed by atoms with Crippen LogP contribution in [0.2, 0.25) is 0 Å². The van der Waals surface area contributed by atoms with Crippen molar-refractivity contribution in [2.45, 2.75) is 0 Å². The average Bonchev–Trinajstić information content (AvgIpc) is 2.59. The molecule has 0 spiro atoms. The minimum Gasteiger partial charge on any atom is -0.480 e. The molecule has 0 aliphatic rings. The topological polar surface area (TPSA) is 147 Å². The lowest BCUT2D eigenvalue weighted by atomic mass is 10.4. The van der Waals surface area contributed by atoms with Gasteiger partial charge >= 0.3 is 0 Å². The van der Waals surface area contributed by atoms with E-state index in [-0.39, 0.29) is 11.7 Å². The monoisotopic (exact) mass is 302 g/mol. The molecule has 2 rings (SSSR count). The third-order valence-electron chi connectivity index (χ3n) is 2.43. The number of methoxy groups -OCH3 is 2. The zero-order chi connectivity index (χ0) is 15.9. The van der Waals surface area contributed by atoms with Gasteiger partial charge in [0.15, 0.2) is 11.7 Å². The maximum Gasteiger partial charge on any atom is 0.232 e. The summed E-state index contributed by atoms with van der Waals surface area (Å²) >= 11 is 0. The van der Waals surface area contributed by atoms with E-state index in [0.717, 1.165) is 0 Å². The van der Waals surface area contributed by atoms with Crippen molar-refractivity contribution in [2.24, 2.45) is 21.7 Å². The van der Waals surface area contributed by atoms with Crippen molar-refractivity contribution in [1.29, 1.82) is 0 Å². The van der Waals surface area contributed by atoms with Crippen molar-refractivity contribution >= 4 is 11.7 Å². The molecule has 2 aromatic rings. The Kier molecular flexibility index (Phi) is 4.75. The maximum atomic E-state index is 5.77. The molecule has 0 aliphatic heterocycles. The van der Waals surface area contributed by atoms with Crippen LogP contribution >= 0.6 is 0 Å². The van der Waals surface area contributed by atoms with Gasteiger partial charge in [-0.25, -0.2) is 9.97 Å². The van der Waals surface area contributed by atoms with Crippen LogP contribution in [0.25, 0.3) is 0 Å². The average molecular weight is 302 g/mol. The van der Waals surface area contributed by atoms with E-state index in [0.29, 0.717) is 23.1 Å². The number of rotatable bonds is 5. The lowest BCUT2D eigenvalue weighted by Crippen LogP contribution is -2.18. The first kappa shape index (κ1) is 15.1. The fraction of sp³-hybridized carbons (Fsp3) is 0.167. The van der Waals surface area contributed by atoms with Crippen LogP contribution in [0.5, 0.6) is 11.8 Å². The smallest absolute Gasteiger partial charge is 0.232 e. The highest BCUT2D eigenvalue weighted by molar-refractivity contribution is 5.98. The van der Waals surface area contributed by atoms with Crippen molar-refractivity contribution in [3.63, 3.8) is 0 Å². The molecular weight excluding hydrogens is 288 g/mol. The summed E-state index contributed by atoms with van der Waals surface area (Å²) in [5, 5.41) is 7.58. The van der Waals surface area contributed by atoms with Gasteiger partial charge in [-0.3, -0.25) is 9.97 Å². The minimum atomic E-state index is 0.0326. The van der Waals surface area contributed by atoms with Gasteiger partial charge in [-0.1, -0.05) is 0 Å². The lowest BCUT2D eigenvalue weighted by Gasteiger charge is -2.02. The summed E-state index contributed by atoms with van der Waals surface area (Å²) in [5.41, 5.74) is 12.2. The molecule has 22 heavy (non-hydrogen) atoms. The van der Waals surface area contributed by atoms with Gasteiger partial charge in [0.1, 0.15) is 11.4 Å². The van der Waals surface area contributed by atoms with Gasteiger partial charge in [0, 0.05) is 0 Å². The van der Waals surface area contributed by atoms with Crippen LogP contribution in [0.1, 0.15) is 11.4 Å². The highest BCUT2D eigenvalue weighted by atomic mass is 16.5. The number of hydrogen-bond donors (Lipinski definition) is 2. The van der Waals surface area contributed by atoms with Crippen LogP contribution < -0.4 is 20.9 Å². The quantitative estimate of drug-likeness (QED) is 0.419. The van der Waals surface area contributed by atoms with E-state index in [9.17, 15) is 0 Å². The van der Waals surface area contributed by atoms with Gasteiger partial charge in [0.2, 0.25) is 11.8 Å². The predicted octanol–water partition coefficient (Wildman–Crippen LogP) is -0.690. The Labute approximate surface area is 125 Å². The Hall–Kier alpha value is -3.30. The second-order valence-electron chi connectivity index (χ2n) is 3.86. The van der Waals surface area contributed by atoms with E-state index in [1.54, 1.807) is 0 Å². The lowest BCUT2D eigenvalue weighted by molar-refractivity contribution is 0.395. The molecule has 0 radical (unpaired) electrons. The van der Waals surface area contributed by atoms with Crippen molar-refractivity contribution < 1.29 is 9.47 Å². The minimum absolute atomic E-state index is 0.0326. The Bertz CT molecular complexity index is 654. The molecular formula is C12H14N8O2. The van der Waals surface area contributed by atoms with Crippen LogP contribution in [0.15, 0.2) is 35.0 Å². The van der Waals surface area contributed by atoms with Crippen molar-refractivity contribution in [3.05, 3.63) is 36.2 Å². The Morgan fingerprint density at radius 3 is 1.59 bits per heavy atom. The summed E-state index contributed by atoms with van der Waals surface area (Å²) in [6, 6.07) is 0. The van der Waals surface area contributed by atoms with Gasteiger partial charge in [0.25, 0.3) is 0 Å². The standard InChI is InChI=1S/C12H14N8O2/c1-21-9-5-15-3-7(17-9)11(13)19-20-12(14)8-4-16-6-10(18-8)22-2/h3-6H,1-2H3,(H2,13,19)(H2,14,20). The van der Waals surface area contributed by atoms with Crippen molar-refractivity contribution in [1.82, 2.24) is 19.9 Å². The first-order chi connectivity index (χ1) is 10.6. The summed E-state index contributed by atoms with van der Waals surface area (Å²) in [7, 11) is 2.94. The number of ether oxygens (including phenoxy) is 2. The highest BCUT2D eigenvalue weighted by Gasteiger charge is 2.05. The first-order valence-corrected chi connectivity index (χ1v) is 6.03. The van der Waals surface area contributed by atoms with E-state index >= 15 is 0 Å². The number of nitrogens with zero attached hydrogens (tertiary/aromatic N) is 6. The zero-order valence-corrected chi connectivity index (χ0v) is 12.0. The van der Waals surface area contributed by atoms with Crippen LogP contribution in [0, 0.1) is 0 Å². The summed E-state index contributed by atoms with van der Waals surface area (Å²) < 4.78 is 9.90. The Balaban J connectivity index is 2.23. The Morgan fingerprint density at radius 2 is 1.23 bits per heavy atom. The van der Waals surface area contributed by atoms with Gasteiger partial charge in [-0.2, -0.15) is 0 Å². The van der Waals surface area contributed by atoms with Crippen LogP contribution in [-0.4, -0.2) is 45.8 Å². The zero-order valence-electron chi connectivity index (χ0n) is 12.0. The molecule has 4 N–H and O–H groups in total. The molecule has 2 heterocycles. The number of aromatic nitrogens is 4. The summed E-state index contributed by atoms with van der Waals surface area (Å²) in [6.45, 7) is 0. The number of hydrogen-bond acceptors (Lipinski definition) is 8. The molecule has 0 atom stereocenters. The fourth-order valence-corrected chi connectivity index (χ4v) is 1.35. The highest BCUT2D eigenvalue weighted by Crippen LogP contribution is 2.05. The molecule has 0 aliphatic carbocycles. The SMILES string of the molecule is COc1cncc(/C(N)=N/N=C(\N)c2cncc(OC)n2)n1. The molecule has 0 bridgehead atoms. The van der Waals surface area contributed by atoms with E-state index < -0.39 is 0 Å². The van der Waals surface area contributed by atoms with Crippen molar-refractivity contribution in [2.75, 3.05) is 14.2 Å². The maximum absolute atomic E-state index is 5.77. The van der Waals surface area contributed by atoms with E-state index in [1.165, 1.54) is 39.0 Å².